The van der Waals surface area contributed by atoms with E-state index >= 15 is 0 Å². The van der Waals surface area contributed by atoms with Gasteiger partial charge in [0.1, 0.15) is 0 Å². The van der Waals surface area contributed by atoms with Gasteiger partial charge in [0.2, 0.25) is 6.79 Å². The Morgan fingerprint density at radius 2 is 1.95 bits per heavy atom. The fourth-order valence-corrected chi connectivity index (χ4v) is 3.44. The molecule has 21 heavy (non-hydrogen) atoms. The first kappa shape index (κ1) is 15.1. The SMILES string of the molecule is CN1CCC(CCNCc2cc3c(cc2Br)OCO3)CC1. The summed E-state index contributed by atoms with van der Waals surface area (Å²) in [5.41, 5.74) is 1.22. The molecule has 0 amide bonds. The van der Waals surface area contributed by atoms with Gasteiger partial charge in [-0.1, -0.05) is 15.9 Å². The Hall–Kier alpha value is -0.780. The predicted octanol–water partition coefficient (Wildman–Crippen LogP) is 3.00. The summed E-state index contributed by atoms with van der Waals surface area (Å²) < 4.78 is 11.9. The standard InChI is InChI=1S/C16H23BrN2O2/c1-19-6-3-12(4-7-19)2-5-18-10-13-8-15-16(9-14(13)17)21-11-20-15/h8-9,12,18H,2-7,10-11H2,1H3. The zero-order valence-corrected chi connectivity index (χ0v) is 14.1. The van der Waals surface area contributed by atoms with Gasteiger partial charge in [0.15, 0.2) is 11.5 Å². The van der Waals surface area contributed by atoms with E-state index in [0.29, 0.717) is 6.79 Å². The number of rotatable bonds is 5. The van der Waals surface area contributed by atoms with Crippen LogP contribution in [0.3, 0.4) is 0 Å². The smallest absolute Gasteiger partial charge is 0.231 e. The van der Waals surface area contributed by atoms with Crippen LogP contribution in [-0.2, 0) is 6.54 Å². The van der Waals surface area contributed by atoms with Crippen LogP contribution in [0.4, 0.5) is 0 Å². The van der Waals surface area contributed by atoms with Gasteiger partial charge in [-0.3, -0.25) is 0 Å². The van der Waals surface area contributed by atoms with Crippen molar-refractivity contribution in [2.75, 3.05) is 33.5 Å². The average molecular weight is 355 g/mol. The van der Waals surface area contributed by atoms with Gasteiger partial charge in [0.25, 0.3) is 0 Å². The summed E-state index contributed by atoms with van der Waals surface area (Å²) in [4.78, 5) is 2.42. The Balaban J connectivity index is 1.43. The van der Waals surface area contributed by atoms with E-state index in [4.69, 9.17) is 9.47 Å². The summed E-state index contributed by atoms with van der Waals surface area (Å²) in [5.74, 6) is 2.57. The van der Waals surface area contributed by atoms with Crippen molar-refractivity contribution < 1.29 is 9.47 Å². The van der Waals surface area contributed by atoms with Crippen LogP contribution in [0.25, 0.3) is 0 Å². The summed E-state index contributed by atoms with van der Waals surface area (Å²) in [6, 6.07) is 4.06. The third-order valence-corrected chi connectivity index (χ3v) is 5.16. The number of nitrogens with one attached hydrogen (secondary N) is 1. The number of piperidine rings is 1. The molecule has 2 heterocycles. The zero-order valence-electron chi connectivity index (χ0n) is 12.5. The molecule has 0 radical (unpaired) electrons. The lowest BCUT2D eigenvalue weighted by atomic mass is 9.94. The van der Waals surface area contributed by atoms with Crippen molar-refractivity contribution in [2.24, 2.45) is 5.92 Å². The van der Waals surface area contributed by atoms with E-state index in [1.165, 1.54) is 37.9 Å². The van der Waals surface area contributed by atoms with Crippen LogP contribution in [0.1, 0.15) is 24.8 Å². The fraction of sp³-hybridized carbons (Fsp3) is 0.625. The van der Waals surface area contributed by atoms with Crippen molar-refractivity contribution in [3.63, 3.8) is 0 Å². The van der Waals surface area contributed by atoms with Gasteiger partial charge in [0, 0.05) is 11.0 Å². The maximum absolute atomic E-state index is 5.43. The molecule has 0 aromatic heterocycles. The molecule has 0 spiro atoms. The number of benzene rings is 1. The van der Waals surface area contributed by atoms with Crippen LogP contribution in [-0.4, -0.2) is 38.4 Å². The third-order valence-electron chi connectivity index (χ3n) is 4.42. The quantitative estimate of drug-likeness (QED) is 0.824. The lowest BCUT2D eigenvalue weighted by Gasteiger charge is -2.28. The van der Waals surface area contributed by atoms with Crippen molar-refractivity contribution in [3.8, 4) is 11.5 Å². The van der Waals surface area contributed by atoms with Crippen molar-refractivity contribution in [3.05, 3.63) is 22.2 Å². The number of hydrogen-bond acceptors (Lipinski definition) is 4. The van der Waals surface area contributed by atoms with Gasteiger partial charge in [0.05, 0.1) is 0 Å². The van der Waals surface area contributed by atoms with E-state index in [-0.39, 0.29) is 0 Å². The number of nitrogens with zero attached hydrogens (tertiary/aromatic N) is 1. The lowest BCUT2D eigenvalue weighted by molar-refractivity contribution is 0.174. The maximum Gasteiger partial charge on any atom is 0.231 e. The molecule has 3 rings (SSSR count). The highest BCUT2D eigenvalue weighted by molar-refractivity contribution is 9.10. The molecule has 2 aliphatic heterocycles. The second-order valence-corrected chi connectivity index (χ2v) is 6.86. The van der Waals surface area contributed by atoms with Crippen molar-refractivity contribution in [1.82, 2.24) is 10.2 Å². The minimum absolute atomic E-state index is 0.328. The molecule has 5 heteroatoms. The first-order valence-electron chi connectivity index (χ1n) is 7.69. The summed E-state index contributed by atoms with van der Waals surface area (Å²) in [6.07, 6.45) is 3.95. The molecule has 2 aliphatic rings. The maximum atomic E-state index is 5.43. The molecule has 4 nitrogen and oxygen atoms in total. The van der Waals surface area contributed by atoms with E-state index in [1.807, 2.05) is 6.07 Å². The van der Waals surface area contributed by atoms with Crippen molar-refractivity contribution >= 4 is 15.9 Å². The third kappa shape index (κ3) is 3.90. The molecule has 1 aromatic rings. The normalized spacial score (nSPS) is 19.1. The molecule has 116 valence electrons. The van der Waals surface area contributed by atoms with E-state index in [2.05, 4.69) is 39.3 Å². The van der Waals surface area contributed by atoms with Crippen LogP contribution in [0.2, 0.25) is 0 Å². The Morgan fingerprint density at radius 3 is 2.71 bits per heavy atom. The largest absolute Gasteiger partial charge is 0.454 e. The van der Waals surface area contributed by atoms with E-state index in [0.717, 1.165) is 35.0 Å². The highest BCUT2D eigenvalue weighted by Gasteiger charge is 2.17. The number of likely N-dealkylation sites (tertiary alicyclic amines) is 1. The fourth-order valence-electron chi connectivity index (χ4n) is 2.97. The predicted molar refractivity (Wildman–Crippen MR) is 86.8 cm³/mol. The van der Waals surface area contributed by atoms with E-state index < -0.39 is 0 Å². The molecule has 0 atom stereocenters. The highest BCUT2D eigenvalue weighted by Crippen LogP contribution is 2.36. The van der Waals surface area contributed by atoms with Gasteiger partial charge in [-0.2, -0.15) is 0 Å². The lowest BCUT2D eigenvalue weighted by Crippen LogP contribution is -2.31. The average Bonchev–Trinajstić information content (AvgIpc) is 2.92. The Kier molecular flexibility index (Phi) is 5.03. The molecular weight excluding hydrogens is 332 g/mol. The van der Waals surface area contributed by atoms with Gasteiger partial charge >= 0.3 is 0 Å². The van der Waals surface area contributed by atoms with Crippen LogP contribution in [0.15, 0.2) is 16.6 Å². The van der Waals surface area contributed by atoms with Gasteiger partial charge < -0.3 is 19.7 Å². The molecular formula is C16H23BrN2O2. The Morgan fingerprint density at radius 1 is 1.24 bits per heavy atom. The number of hydrogen-bond donors (Lipinski definition) is 1. The highest BCUT2D eigenvalue weighted by atomic mass is 79.9. The zero-order chi connectivity index (χ0) is 14.7. The number of fused-ring (bicyclic) bond motifs is 1. The second-order valence-electron chi connectivity index (χ2n) is 6.01. The van der Waals surface area contributed by atoms with Crippen LogP contribution in [0, 0.1) is 5.92 Å². The molecule has 1 aromatic carbocycles. The number of ether oxygens (including phenoxy) is 2. The molecule has 1 saturated heterocycles. The summed E-state index contributed by atoms with van der Waals surface area (Å²) in [6.45, 7) is 4.77. The van der Waals surface area contributed by atoms with Gasteiger partial charge in [-0.05, 0) is 69.6 Å². The summed E-state index contributed by atoms with van der Waals surface area (Å²) >= 11 is 3.60. The van der Waals surface area contributed by atoms with Crippen LogP contribution in [0.5, 0.6) is 11.5 Å². The molecule has 0 aliphatic carbocycles. The van der Waals surface area contributed by atoms with Gasteiger partial charge in [-0.25, -0.2) is 0 Å². The molecule has 0 unspecified atom stereocenters. The second kappa shape index (κ2) is 6.99. The molecule has 0 bridgehead atoms. The number of halogens is 1. The molecule has 0 saturated carbocycles. The van der Waals surface area contributed by atoms with Gasteiger partial charge in [-0.15, -0.1) is 0 Å². The van der Waals surface area contributed by atoms with Crippen LogP contribution < -0.4 is 14.8 Å². The van der Waals surface area contributed by atoms with E-state index in [1.54, 1.807) is 0 Å². The topological polar surface area (TPSA) is 33.7 Å². The minimum atomic E-state index is 0.328. The first-order chi connectivity index (χ1) is 10.2. The Labute approximate surface area is 134 Å². The molecule has 1 N–H and O–H groups in total. The summed E-state index contributed by atoms with van der Waals surface area (Å²) in [5, 5.41) is 3.55. The van der Waals surface area contributed by atoms with Crippen LogP contribution >= 0.6 is 15.9 Å². The van der Waals surface area contributed by atoms with E-state index in [9.17, 15) is 0 Å². The van der Waals surface area contributed by atoms with Crippen molar-refractivity contribution in [2.45, 2.75) is 25.8 Å². The van der Waals surface area contributed by atoms with Crippen molar-refractivity contribution in [1.29, 1.82) is 0 Å². The molecule has 1 fully saturated rings. The minimum Gasteiger partial charge on any atom is -0.454 e. The summed E-state index contributed by atoms with van der Waals surface area (Å²) in [7, 11) is 2.21. The monoisotopic (exact) mass is 354 g/mol. The Bertz CT molecular complexity index is 487. The first-order valence-corrected chi connectivity index (χ1v) is 8.49.